The summed E-state index contributed by atoms with van der Waals surface area (Å²) in [4.78, 5) is 30.5. The van der Waals surface area contributed by atoms with Gasteiger partial charge in [0.2, 0.25) is 5.91 Å². The second-order valence-electron chi connectivity index (χ2n) is 7.14. The molecule has 0 aromatic carbocycles. The van der Waals surface area contributed by atoms with E-state index in [-0.39, 0.29) is 18.0 Å². The Bertz CT molecular complexity index is 604. The fraction of sp³-hybridized carbons (Fsp3) is 0.632. The van der Waals surface area contributed by atoms with Crippen LogP contribution in [0.3, 0.4) is 0 Å². The summed E-state index contributed by atoms with van der Waals surface area (Å²) >= 11 is 0. The highest BCUT2D eigenvalue weighted by atomic mass is 16.4. The van der Waals surface area contributed by atoms with E-state index in [0.717, 1.165) is 32.1 Å². The molecular weight excluding hydrogens is 304 g/mol. The summed E-state index contributed by atoms with van der Waals surface area (Å²) in [5, 5.41) is 9.68. The Morgan fingerprint density at radius 2 is 2.21 bits per heavy atom. The molecule has 0 unspecified atom stereocenters. The molecule has 5 heteroatoms. The standard InChI is InChI=1S/C19H26N2O3/c1-2-19(18(23)24)12-15-9-10-16(19)21(15)17(22)8-4-3-6-14-7-5-11-20-13-14/h5,7,11,13,15-16H,2-4,6,8-10,12H2,1H3,(H,23,24)/t15-,16+,19+/m0/s1. The number of carboxylic acids is 1. The average Bonchev–Trinajstić information content (AvgIpc) is 3.15. The van der Waals surface area contributed by atoms with Gasteiger partial charge in [-0.2, -0.15) is 0 Å². The molecule has 0 spiro atoms. The van der Waals surface area contributed by atoms with Crippen molar-refractivity contribution in [2.45, 2.75) is 70.4 Å². The molecule has 2 bridgehead atoms. The van der Waals surface area contributed by atoms with E-state index in [1.165, 1.54) is 5.56 Å². The molecule has 2 aliphatic heterocycles. The quantitative estimate of drug-likeness (QED) is 0.780. The van der Waals surface area contributed by atoms with Gasteiger partial charge in [0, 0.05) is 30.9 Å². The largest absolute Gasteiger partial charge is 0.481 e. The minimum absolute atomic E-state index is 0.101. The van der Waals surface area contributed by atoms with Crippen molar-refractivity contribution in [2.75, 3.05) is 0 Å². The number of hydrogen-bond acceptors (Lipinski definition) is 3. The van der Waals surface area contributed by atoms with Gasteiger partial charge in [-0.1, -0.05) is 13.0 Å². The number of hydrogen-bond donors (Lipinski definition) is 1. The number of aliphatic carboxylic acids is 1. The normalized spacial score (nSPS) is 28.3. The van der Waals surface area contributed by atoms with Crippen LogP contribution in [0.5, 0.6) is 0 Å². The summed E-state index contributed by atoms with van der Waals surface area (Å²) in [6.45, 7) is 1.94. The van der Waals surface area contributed by atoms with Crippen LogP contribution in [0, 0.1) is 5.41 Å². The number of carbonyl (C=O) groups is 2. The average molecular weight is 330 g/mol. The minimum Gasteiger partial charge on any atom is -0.481 e. The number of fused-ring (bicyclic) bond motifs is 2. The van der Waals surface area contributed by atoms with E-state index in [2.05, 4.69) is 11.1 Å². The van der Waals surface area contributed by atoms with Crippen LogP contribution in [0.25, 0.3) is 0 Å². The van der Waals surface area contributed by atoms with Crippen molar-refractivity contribution in [1.82, 2.24) is 9.88 Å². The molecule has 24 heavy (non-hydrogen) atoms. The van der Waals surface area contributed by atoms with E-state index in [1.54, 1.807) is 6.20 Å². The van der Waals surface area contributed by atoms with Gasteiger partial charge in [-0.25, -0.2) is 0 Å². The number of carbonyl (C=O) groups excluding carboxylic acids is 1. The Labute approximate surface area is 143 Å². The monoisotopic (exact) mass is 330 g/mol. The number of nitrogens with zero attached hydrogens (tertiary/aromatic N) is 2. The molecule has 3 heterocycles. The molecule has 130 valence electrons. The van der Waals surface area contributed by atoms with Gasteiger partial charge in [0.1, 0.15) is 0 Å². The third-order valence-electron chi connectivity index (χ3n) is 5.91. The summed E-state index contributed by atoms with van der Waals surface area (Å²) in [7, 11) is 0. The van der Waals surface area contributed by atoms with Crippen molar-refractivity contribution in [2.24, 2.45) is 5.41 Å². The molecule has 3 rings (SSSR count). The molecule has 1 amide bonds. The summed E-state index contributed by atoms with van der Waals surface area (Å²) in [5.41, 5.74) is 0.482. The van der Waals surface area contributed by atoms with Gasteiger partial charge < -0.3 is 10.0 Å². The first-order valence-corrected chi connectivity index (χ1v) is 9.02. The second-order valence-corrected chi connectivity index (χ2v) is 7.14. The van der Waals surface area contributed by atoms with E-state index in [1.807, 2.05) is 24.1 Å². The van der Waals surface area contributed by atoms with Crippen LogP contribution in [-0.4, -0.2) is 39.0 Å². The molecule has 2 aliphatic rings. The lowest BCUT2D eigenvalue weighted by Gasteiger charge is -2.32. The van der Waals surface area contributed by atoms with Crippen LogP contribution >= 0.6 is 0 Å². The van der Waals surface area contributed by atoms with Gasteiger partial charge in [-0.05, 0) is 56.6 Å². The van der Waals surface area contributed by atoms with Crippen LogP contribution in [0.15, 0.2) is 24.5 Å². The smallest absolute Gasteiger partial charge is 0.311 e. The lowest BCUT2D eigenvalue weighted by Crippen LogP contribution is -2.44. The van der Waals surface area contributed by atoms with Crippen LogP contribution in [0.2, 0.25) is 0 Å². The van der Waals surface area contributed by atoms with Gasteiger partial charge in [0.25, 0.3) is 0 Å². The van der Waals surface area contributed by atoms with Gasteiger partial charge in [0.05, 0.1) is 5.41 Å². The van der Waals surface area contributed by atoms with Crippen molar-refractivity contribution < 1.29 is 14.7 Å². The van der Waals surface area contributed by atoms with Crippen LogP contribution in [0.4, 0.5) is 0 Å². The maximum Gasteiger partial charge on any atom is 0.311 e. The highest BCUT2D eigenvalue weighted by molar-refractivity contribution is 5.82. The third-order valence-corrected chi connectivity index (χ3v) is 5.91. The first-order chi connectivity index (χ1) is 11.6. The topological polar surface area (TPSA) is 70.5 Å². The molecule has 2 fully saturated rings. The van der Waals surface area contributed by atoms with E-state index >= 15 is 0 Å². The zero-order valence-electron chi connectivity index (χ0n) is 14.3. The van der Waals surface area contributed by atoms with E-state index in [4.69, 9.17) is 0 Å². The van der Waals surface area contributed by atoms with Gasteiger partial charge in [-0.3, -0.25) is 14.6 Å². The Morgan fingerprint density at radius 1 is 1.38 bits per heavy atom. The predicted molar refractivity (Wildman–Crippen MR) is 90.4 cm³/mol. The van der Waals surface area contributed by atoms with E-state index in [9.17, 15) is 14.7 Å². The Morgan fingerprint density at radius 3 is 2.83 bits per heavy atom. The zero-order valence-corrected chi connectivity index (χ0v) is 14.3. The zero-order chi connectivity index (χ0) is 17.2. The minimum atomic E-state index is -0.730. The second kappa shape index (κ2) is 6.91. The van der Waals surface area contributed by atoms with Gasteiger partial charge in [0.15, 0.2) is 0 Å². The molecular formula is C19H26N2O3. The molecule has 0 saturated carbocycles. The molecule has 3 atom stereocenters. The van der Waals surface area contributed by atoms with Crippen molar-refractivity contribution in [3.05, 3.63) is 30.1 Å². The van der Waals surface area contributed by atoms with Crippen molar-refractivity contribution in [3.63, 3.8) is 0 Å². The molecule has 5 nitrogen and oxygen atoms in total. The fourth-order valence-corrected chi connectivity index (χ4v) is 4.60. The summed E-state index contributed by atoms with van der Waals surface area (Å²) in [6, 6.07) is 4.02. The van der Waals surface area contributed by atoms with Crippen LogP contribution in [-0.2, 0) is 16.0 Å². The number of aromatic nitrogens is 1. The molecule has 1 N–H and O–H groups in total. The fourth-order valence-electron chi connectivity index (χ4n) is 4.60. The number of unbranched alkanes of at least 4 members (excludes halogenated alkanes) is 1. The Kier molecular flexibility index (Phi) is 4.88. The maximum absolute atomic E-state index is 12.7. The first-order valence-electron chi connectivity index (χ1n) is 9.02. The number of carboxylic acid groups (broad SMARTS) is 1. The number of pyridine rings is 1. The summed E-state index contributed by atoms with van der Waals surface area (Å²) in [6.07, 6.45) is 9.92. The highest BCUT2D eigenvalue weighted by Gasteiger charge is 2.60. The number of aryl methyl sites for hydroxylation is 1. The summed E-state index contributed by atoms with van der Waals surface area (Å²) in [5.74, 6) is -0.586. The Hall–Kier alpha value is -1.91. The van der Waals surface area contributed by atoms with Gasteiger partial charge in [-0.15, -0.1) is 0 Å². The van der Waals surface area contributed by atoms with Crippen molar-refractivity contribution in [3.8, 4) is 0 Å². The lowest BCUT2D eigenvalue weighted by molar-refractivity contribution is -0.151. The third kappa shape index (κ3) is 2.92. The molecule has 2 saturated heterocycles. The molecule has 0 aliphatic carbocycles. The lowest BCUT2D eigenvalue weighted by atomic mass is 9.72. The molecule has 1 aromatic rings. The Balaban J connectivity index is 1.53. The summed E-state index contributed by atoms with van der Waals surface area (Å²) < 4.78 is 0. The maximum atomic E-state index is 12.7. The van der Waals surface area contributed by atoms with Crippen molar-refractivity contribution >= 4 is 11.9 Å². The predicted octanol–water partition coefficient (Wildman–Crippen LogP) is 3.04. The molecule has 0 radical (unpaired) electrons. The number of rotatable bonds is 7. The number of amides is 1. The highest BCUT2D eigenvalue weighted by Crippen LogP contribution is 2.52. The molecule has 1 aromatic heterocycles. The van der Waals surface area contributed by atoms with Crippen LogP contribution < -0.4 is 0 Å². The van der Waals surface area contributed by atoms with E-state index < -0.39 is 11.4 Å². The van der Waals surface area contributed by atoms with Gasteiger partial charge >= 0.3 is 5.97 Å². The van der Waals surface area contributed by atoms with E-state index in [0.29, 0.717) is 19.3 Å². The van der Waals surface area contributed by atoms with Crippen molar-refractivity contribution in [1.29, 1.82) is 0 Å². The SMILES string of the molecule is CC[C@@]1(C(=O)O)C[C@@H]2CC[C@H]1N2C(=O)CCCCc1cccnc1. The van der Waals surface area contributed by atoms with Crippen LogP contribution in [0.1, 0.15) is 57.4 Å². The first kappa shape index (κ1) is 16.9.